The summed E-state index contributed by atoms with van der Waals surface area (Å²) in [5.74, 6) is -0.266. The summed E-state index contributed by atoms with van der Waals surface area (Å²) in [5, 5.41) is 0. The van der Waals surface area contributed by atoms with Gasteiger partial charge in [-0.2, -0.15) is 11.1 Å². The first-order chi connectivity index (χ1) is 9.83. The Bertz CT molecular complexity index is 298. The molecule has 0 saturated heterocycles. The SMILES string of the molecule is C=C(C)C(=O)OCCCCCCCCCCC[Si](C)(C)Cl. The van der Waals surface area contributed by atoms with E-state index in [1.165, 1.54) is 51.0 Å². The van der Waals surface area contributed by atoms with E-state index in [0.717, 1.165) is 12.8 Å². The minimum Gasteiger partial charge on any atom is -0.462 e. The highest BCUT2D eigenvalue weighted by Crippen LogP contribution is 2.19. The maximum atomic E-state index is 11.1. The number of unbranched alkanes of at least 4 members (excludes halogenated alkanes) is 8. The highest BCUT2D eigenvalue weighted by molar-refractivity contribution is 7.19. The first-order valence-corrected chi connectivity index (χ1v) is 12.6. The number of carbonyl (C=O) groups is 1. The summed E-state index contributed by atoms with van der Waals surface area (Å²) in [6.45, 7) is 10.2. The van der Waals surface area contributed by atoms with Crippen molar-refractivity contribution in [2.24, 2.45) is 0 Å². The van der Waals surface area contributed by atoms with Gasteiger partial charge in [-0.15, -0.1) is 0 Å². The topological polar surface area (TPSA) is 26.3 Å². The third-order valence-electron chi connectivity index (χ3n) is 3.50. The van der Waals surface area contributed by atoms with E-state index in [1.54, 1.807) is 6.92 Å². The smallest absolute Gasteiger partial charge is 0.333 e. The van der Waals surface area contributed by atoms with E-state index in [0.29, 0.717) is 12.2 Å². The Morgan fingerprint density at radius 2 is 1.38 bits per heavy atom. The molecule has 0 rings (SSSR count). The predicted molar refractivity (Wildman–Crippen MR) is 95.5 cm³/mol. The first kappa shape index (κ1) is 20.7. The minimum atomic E-state index is -1.34. The van der Waals surface area contributed by atoms with Gasteiger partial charge in [0.05, 0.1) is 6.61 Å². The van der Waals surface area contributed by atoms with Crippen LogP contribution in [0.2, 0.25) is 19.1 Å². The number of hydrogen-bond acceptors (Lipinski definition) is 2. The molecule has 0 spiro atoms. The molecule has 0 aromatic heterocycles. The van der Waals surface area contributed by atoms with Gasteiger partial charge in [0, 0.05) is 5.57 Å². The van der Waals surface area contributed by atoms with Crippen LogP contribution in [0.15, 0.2) is 12.2 Å². The largest absolute Gasteiger partial charge is 0.462 e. The minimum absolute atomic E-state index is 0.266. The van der Waals surface area contributed by atoms with Crippen LogP contribution in [0.4, 0.5) is 0 Å². The lowest BCUT2D eigenvalue weighted by atomic mass is 10.1. The van der Waals surface area contributed by atoms with Crippen LogP contribution in [-0.2, 0) is 9.53 Å². The quantitative estimate of drug-likeness (QED) is 0.135. The normalized spacial score (nSPS) is 11.4. The second-order valence-electron chi connectivity index (χ2n) is 6.57. The zero-order valence-corrected chi connectivity index (χ0v) is 15.9. The van der Waals surface area contributed by atoms with Gasteiger partial charge in [0.1, 0.15) is 7.38 Å². The number of hydrogen-bond donors (Lipinski definition) is 0. The van der Waals surface area contributed by atoms with Crippen LogP contribution in [0.1, 0.15) is 64.7 Å². The molecule has 0 bridgehead atoms. The molecule has 124 valence electrons. The van der Waals surface area contributed by atoms with Crippen LogP contribution in [0.25, 0.3) is 0 Å². The van der Waals surface area contributed by atoms with E-state index in [9.17, 15) is 4.79 Å². The van der Waals surface area contributed by atoms with Gasteiger partial charge in [-0.3, -0.25) is 0 Å². The summed E-state index contributed by atoms with van der Waals surface area (Å²) in [4.78, 5) is 11.1. The van der Waals surface area contributed by atoms with E-state index in [4.69, 9.17) is 15.8 Å². The summed E-state index contributed by atoms with van der Waals surface area (Å²) in [7, 11) is -1.34. The summed E-state index contributed by atoms with van der Waals surface area (Å²) in [6, 6.07) is 1.25. The second kappa shape index (κ2) is 12.3. The maximum Gasteiger partial charge on any atom is 0.333 e. The lowest BCUT2D eigenvalue weighted by Gasteiger charge is -2.11. The lowest BCUT2D eigenvalue weighted by molar-refractivity contribution is -0.139. The molecule has 0 saturated carbocycles. The third kappa shape index (κ3) is 15.9. The Labute approximate surface area is 137 Å². The summed E-state index contributed by atoms with van der Waals surface area (Å²) in [6.07, 6.45) is 11.3. The third-order valence-corrected chi connectivity index (χ3v) is 5.61. The molecule has 0 unspecified atom stereocenters. The maximum absolute atomic E-state index is 11.1. The van der Waals surface area contributed by atoms with Crippen LogP contribution in [-0.4, -0.2) is 20.0 Å². The van der Waals surface area contributed by atoms with Gasteiger partial charge in [0.2, 0.25) is 0 Å². The molecule has 0 radical (unpaired) electrons. The van der Waals surface area contributed by atoms with Crippen molar-refractivity contribution in [1.82, 2.24) is 0 Å². The van der Waals surface area contributed by atoms with E-state index < -0.39 is 7.38 Å². The monoisotopic (exact) mass is 332 g/mol. The molecule has 0 aliphatic rings. The van der Waals surface area contributed by atoms with E-state index in [-0.39, 0.29) is 5.97 Å². The summed E-state index contributed by atoms with van der Waals surface area (Å²) in [5.41, 5.74) is 0.482. The van der Waals surface area contributed by atoms with Crippen molar-refractivity contribution in [2.45, 2.75) is 83.8 Å². The second-order valence-corrected chi connectivity index (χ2v) is 13.6. The Hall–Kier alpha value is -0.283. The molecule has 0 amide bonds. The molecule has 0 atom stereocenters. The van der Waals surface area contributed by atoms with Crippen LogP contribution < -0.4 is 0 Å². The van der Waals surface area contributed by atoms with E-state index >= 15 is 0 Å². The van der Waals surface area contributed by atoms with Crippen LogP contribution in [0, 0.1) is 0 Å². The lowest BCUT2D eigenvalue weighted by Crippen LogP contribution is -2.14. The fourth-order valence-corrected chi connectivity index (χ4v) is 3.66. The van der Waals surface area contributed by atoms with E-state index in [2.05, 4.69) is 19.7 Å². The Kier molecular flexibility index (Phi) is 12.1. The molecule has 0 N–H and O–H groups in total. The van der Waals surface area contributed by atoms with Crippen molar-refractivity contribution >= 4 is 24.4 Å². The number of rotatable bonds is 13. The molecular weight excluding hydrogens is 300 g/mol. The molecule has 0 aromatic carbocycles. The van der Waals surface area contributed by atoms with Gasteiger partial charge >= 0.3 is 5.97 Å². The molecule has 0 fully saturated rings. The van der Waals surface area contributed by atoms with Gasteiger partial charge in [0.25, 0.3) is 0 Å². The number of halogens is 1. The zero-order valence-electron chi connectivity index (χ0n) is 14.2. The van der Waals surface area contributed by atoms with Gasteiger partial charge in [-0.05, 0) is 19.4 Å². The molecule has 2 nitrogen and oxygen atoms in total. The summed E-state index contributed by atoms with van der Waals surface area (Å²) < 4.78 is 5.06. The zero-order chi connectivity index (χ0) is 16.1. The fourth-order valence-electron chi connectivity index (χ4n) is 2.17. The van der Waals surface area contributed by atoms with Crippen molar-refractivity contribution in [1.29, 1.82) is 0 Å². The molecular formula is C17H33ClO2Si. The number of carbonyl (C=O) groups excluding carboxylic acids is 1. The molecule has 0 heterocycles. The standard InChI is InChI=1S/C17H33ClO2Si/c1-16(2)17(19)20-14-12-10-8-6-5-7-9-11-13-15-21(3,4)18/h1,5-15H2,2-4H3. The van der Waals surface area contributed by atoms with Crippen LogP contribution >= 0.6 is 11.1 Å². The van der Waals surface area contributed by atoms with Crippen molar-refractivity contribution in [3.05, 3.63) is 12.2 Å². The van der Waals surface area contributed by atoms with Gasteiger partial charge in [0.15, 0.2) is 0 Å². The van der Waals surface area contributed by atoms with Gasteiger partial charge in [-0.25, -0.2) is 4.79 Å². The van der Waals surface area contributed by atoms with Crippen LogP contribution in [0.3, 0.4) is 0 Å². The average molecular weight is 333 g/mol. The predicted octanol–water partition coefficient (Wildman–Crippen LogP) is 6.06. The molecule has 0 aromatic rings. The molecule has 4 heteroatoms. The van der Waals surface area contributed by atoms with Crippen molar-refractivity contribution < 1.29 is 9.53 Å². The molecule has 0 aliphatic heterocycles. The van der Waals surface area contributed by atoms with Gasteiger partial charge in [-0.1, -0.05) is 71.0 Å². The number of esters is 1. The fraction of sp³-hybridized carbons (Fsp3) is 0.824. The van der Waals surface area contributed by atoms with Crippen molar-refractivity contribution in [3.8, 4) is 0 Å². The van der Waals surface area contributed by atoms with E-state index in [1.807, 2.05) is 0 Å². The van der Waals surface area contributed by atoms with Crippen molar-refractivity contribution in [2.75, 3.05) is 6.61 Å². The number of ether oxygens (including phenoxy) is 1. The highest BCUT2D eigenvalue weighted by Gasteiger charge is 2.15. The summed E-state index contributed by atoms with van der Waals surface area (Å²) >= 11 is 6.30. The first-order valence-electron chi connectivity index (χ1n) is 8.34. The van der Waals surface area contributed by atoms with Crippen LogP contribution in [0.5, 0.6) is 0 Å². The van der Waals surface area contributed by atoms with Gasteiger partial charge < -0.3 is 4.74 Å². The van der Waals surface area contributed by atoms with Crippen molar-refractivity contribution in [3.63, 3.8) is 0 Å². The molecule has 0 aliphatic carbocycles. The highest BCUT2D eigenvalue weighted by atomic mass is 35.6. The Balaban J connectivity index is 3.16. The Morgan fingerprint density at radius 1 is 0.952 bits per heavy atom. The molecule has 21 heavy (non-hydrogen) atoms. The Morgan fingerprint density at radius 3 is 1.81 bits per heavy atom. The average Bonchev–Trinajstić information content (AvgIpc) is 2.38.